The molecular weight excluding hydrogens is 276 g/mol. The molecule has 0 saturated heterocycles. The van der Waals surface area contributed by atoms with Gasteiger partial charge in [-0.05, 0) is 24.5 Å². The Labute approximate surface area is 131 Å². The Hall–Kier alpha value is -1.84. The molecule has 118 valence electrons. The maximum atomic E-state index is 12.7. The molecule has 1 saturated carbocycles. The number of nitrogens with zero attached hydrogens (tertiary/aromatic N) is 1. The van der Waals surface area contributed by atoms with E-state index in [1.807, 2.05) is 24.3 Å². The predicted molar refractivity (Wildman–Crippen MR) is 86.7 cm³/mol. The van der Waals surface area contributed by atoms with E-state index >= 15 is 0 Å². The van der Waals surface area contributed by atoms with Crippen molar-refractivity contribution < 1.29 is 9.59 Å². The quantitative estimate of drug-likeness (QED) is 0.854. The Bertz CT molecular complexity index is 562. The topological polar surface area (TPSA) is 49.4 Å². The molecule has 4 heteroatoms. The third kappa shape index (κ3) is 3.01. The van der Waals surface area contributed by atoms with Gasteiger partial charge in [0.15, 0.2) is 0 Å². The molecule has 0 radical (unpaired) electrons. The van der Waals surface area contributed by atoms with Gasteiger partial charge in [0, 0.05) is 25.1 Å². The van der Waals surface area contributed by atoms with E-state index in [2.05, 4.69) is 5.32 Å². The van der Waals surface area contributed by atoms with E-state index in [0.717, 1.165) is 24.1 Å². The first kappa shape index (κ1) is 15.1. The summed E-state index contributed by atoms with van der Waals surface area (Å²) in [6, 6.07) is 7.69. The highest BCUT2D eigenvalue weighted by atomic mass is 16.2. The number of carbonyl (C=O) groups excluding carboxylic acids is 2. The molecule has 3 rings (SSSR count). The second-order valence-corrected chi connectivity index (χ2v) is 6.43. The van der Waals surface area contributed by atoms with Crippen molar-refractivity contribution in [2.24, 2.45) is 0 Å². The minimum absolute atomic E-state index is 0.00157. The molecule has 22 heavy (non-hydrogen) atoms. The van der Waals surface area contributed by atoms with E-state index < -0.39 is 6.04 Å². The third-order valence-corrected chi connectivity index (χ3v) is 4.82. The lowest BCUT2D eigenvalue weighted by Gasteiger charge is -2.26. The first-order chi connectivity index (χ1) is 10.7. The van der Waals surface area contributed by atoms with Gasteiger partial charge >= 0.3 is 0 Å². The number of benzene rings is 1. The molecule has 1 fully saturated rings. The summed E-state index contributed by atoms with van der Waals surface area (Å²) < 4.78 is 0. The summed E-state index contributed by atoms with van der Waals surface area (Å²) >= 11 is 0. The van der Waals surface area contributed by atoms with Crippen molar-refractivity contribution in [3.63, 3.8) is 0 Å². The Kier molecular flexibility index (Phi) is 4.46. The Balaban J connectivity index is 1.73. The van der Waals surface area contributed by atoms with Crippen LogP contribution in [-0.4, -0.2) is 23.9 Å². The monoisotopic (exact) mass is 300 g/mol. The molecule has 1 N–H and O–H groups in total. The summed E-state index contributed by atoms with van der Waals surface area (Å²) in [4.78, 5) is 26.4. The number of hydrogen-bond acceptors (Lipinski definition) is 2. The molecule has 1 atom stereocenters. The number of anilines is 1. The normalized spacial score (nSPS) is 22.0. The van der Waals surface area contributed by atoms with E-state index in [1.54, 1.807) is 4.90 Å². The maximum absolute atomic E-state index is 12.7. The SMILES string of the molecule is CC(=O)N1c2ccccc2C[C@H]1C(=O)NC1CCCCCC1. The summed E-state index contributed by atoms with van der Waals surface area (Å²) in [5.74, 6) is -0.0655. The summed E-state index contributed by atoms with van der Waals surface area (Å²) in [6.45, 7) is 1.54. The number of nitrogens with one attached hydrogen (secondary N) is 1. The van der Waals surface area contributed by atoms with Gasteiger partial charge in [-0.2, -0.15) is 0 Å². The second-order valence-electron chi connectivity index (χ2n) is 6.43. The van der Waals surface area contributed by atoms with Crippen LogP contribution in [0.3, 0.4) is 0 Å². The van der Waals surface area contributed by atoms with Crippen LogP contribution in [0.1, 0.15) is 51.0 Å². The maximum Gasteiger partial charge on any atom is 0.243 e. The molecule has 0 aromatic heterocycles. The lowest BCUT2D eigenvalue weighted by molar-refractivity contribution is -0.126. The zero-order valence-electron chi connectivity index (χ0n) is 13.2. The summed E-state index contributed by atoms with van der Waals surface area (Å²) in [6.07, 6.45) is 7.64. The van der Waals surface area contributed by atoms with Crippen molar-refractivity contribution in [3.8, 4) is 0 Å². The fraction of sp³-hybridized carbons (Fsp3) is 0.556. The average molecular weight is 300 g/mol. The van der Waals surface area contributed by atoms with Gasteiger partial charge in [0.2, 0.25) is 11.8 Å². The highest BCUT2D eigenvalue weighted by Crippen LogP contribution is 2.32. The van der Waals surface area contributed by atoms with Gasteiger partial charge in [-0.15, -0.1) is 0 Å². The Morgan fingerprint density at radius 2 is 1.77 bits per heavy atom. The van der Waals surface area contributed by atoms with Crippen LogP contribution in [0.5, 0.6) is 0 Å². The van der Waals surface area contributed by atoms with Crippen molar-refractivity contribution in [1.29, 1.82) is 0 Å². The lowest BCUT2D eigenvalue weighted by Crippen LogP contribution is -2.50. The van der Waals surface area contributed by atoms with Crippen molar-refractivity contribution in [3.05, 3.63) is 29.8 Å². The molecule has 2 aliphatic rings. The Morgan fingerprint density at radius 3 is 2.45 bits per heavy atom. The van der Waals surface area contributed by atoms with Crippen LogP contribution >= 0.6 is 0 Å². The van der Waals surface area contributed by atoms with Crippen molar-refractivity contribution in [1.82, 2.24) is 5.32 Å². The van der Waals surface area contributed by atoms with Gasteiger partial charge in [0.25, 0.3) is 0 Å². The highest BCUT2D eigenvalue weighted by molar-refractivity contribution is 6.02. The summed E-state index contributed by atoms with van der Waals surface area (Å²) in [7, 11) is 0. The standard InChI is InChI=1S/C18H24N2O2/c1-13(21)20-16-11-7-6-8-14(16)12-17(20)18(22)19-15-9-4-2-3-5-10-15/h6-8,11,15,17H,2-5,9-10,12H2,1H3,(H,19,22)/t17-/m0/s1. The molecule has 2 amide bonds. The molecule has 1 aromatic rings. The van der Waals surface area contributed by atoms with Crippen molar-refractivity contribution in [2.75, 3.05) is 4.90 Å². The average Bonchev–Trinajstić information content (AvgIpc) is 2.72. The molecule has 4 nitrogen and oxygen atoms in total. The van der Waals surface area contributed by atoms with E-state index in [4.69, 9.17) is 0 Å². The van der Waals surface area contributed by atoms with Crippen LogP contribution in [0.25, 0.3) is 0 Å². The van der Waals surface area contributed by atoms with Gasteiger partial charge in [-0.25, -0.2) is 0 Å². The number of para-hydroxylation sites is 1. The third-order valence-electron chi connectivity index (χ3n) is 4.82. The fourth-order valence-corrected chi connectivity index (χ4v) is 3.71. The number of fused-ring (bicyclic) bond motifs is 1. The van der Waals surface area contributed by atoms with E-state index in [9.17, 15) is 9.59 Å². The summed E-state index contributed by atoms with van der Waals surface area (Å²) in [5, 5.41) is 3.19. The number of hydrogen-bond donors (Lipinski definition) is 1. The first-order valence-corrected chi connectivity index (χ1v) is 8.35. The minimum Gasteiger partial charge on any atom is -0.352 e. The van der Waals surface area contributed by atoms with Crippen LogP contribution in [0.15, 0.2) is 24.3 Å². The number of amides is 2. The fourth-order valence-electron chi connectivity index (χ4n) is 3.71. The number of rotatable bonds is 2. The minimum atomic E-state index is -0.391. The second kappa shape index (κ2) is 6.51. The lowest BCUT2D eigenvalue weighted by atomic mass is 10.1. The van der Waals surface area contributed by atoms with Gasteiger partial charge in [-0.3, -0.25) is 14.5 Å². The van der Waals surface area contributed by atoms with Gasteiger partial charge in [-0.1, -0.05) is 43.9 Å². The molecule has 0 unspecified atom stereocenters. The van der Waals surface area contributed by atoms with Crippen LogP contribution in [0.4, 0.5) is 5.69 Å². The molecule has 1 aliphatic carbocycles. The van der Waals surface area contributed by atoms with Crippen LogP contribution in [-0.2, 0) is 16.0 Å². The zero-order valence-corrected chi connectivity index (χ0v) is 13.2. The van der Waals surface area contributed by atoms with Crippen LogP contribution in [0.2, 0.25) is 0 Å². The molecule has 1 aliphatic heterocycles. The predicted octanol–water partition coefficient (Wildman–Crippen LogP) is 2.80. The molecule has 0 spiro atoms. The molecule has 1 heterocycles. The molecule has 1 aromatic carbocycles. The Morgan fingerprint density at radius 1 is 1.09 bits per heavy atom. The van der Waals surface area contributed by atoms with Crippen molar-refractivity contribution in [2.45, 2.75) is 64.0 Å². The summed E-state index contributed by atoms with van der Waals surface area (Å²) in [5.41, 5.74) is 1.97. The van der Waals surface area contributed by atoms with Gasteiger partial charge in [0.1, 0.15) is 6.04 Å². The van der Waals surface area contributed by atoms with Crippen molar-refractivity contribution >= 4 is 17.5 Å². The highest BCUT2D eigenvalue weighted by Gasteiger charge is 2.37. The van der Waals surface area contributed by atoms with E-state index in [0.29, 0.717) is 6.42 Å². The van der Waals surface area contributed by atoms with Gasteiger partial charge < -0.3 is 5.32 Å². The number of carbonyl (C=O) groups is 2. The van der Waals surface area contributed by atoms with E-state index in [-0.39, 0.29) is 17.9 Å². The largest absolute Gasteiger partial charge is 0.352 e. The first-order valence-electron chi connectivity index (χ1n) is 8.35. The van der Waals surface area contributed by atoms with Gasteiger partial charge in [0.05, 0.1) is 0 Å². The zero-order chi connectivity index (χ0) is 15.5. The molecular formula is C18H24N2O2. The molecule has 0 bridgehead atoms. The smallest absolute Gasteiger partial charge is 0.243 e. The van der Waals surface area contributed by atoms with E-state index in [1.165, 1.54) is 32.6 Å². The van der Waals surface area contributed by atoms with Crippen LogP contribution < -0.4 is 10.2 Å². The van der Waals surface area contributed by atoms with Crippen LogP contribution in [0, 0.1) is 0 Å².